The molecule has 5 nitrogen and oxygen atoms in total. The summed E-state index contributed by atoms with van der Waals surface area (Å²) in [7, 11) is 0. The van der Waals surface area contributed by atoms with Gasteiger partial charge in [0.2, 0.25) is 5.91 Å². The normalized spacial score (nSPS) is 37.0. The highest BCUT2D eigenvalue weighted by Gasteiger charge is 2.59. The maximum absolute atomic E-state index is 13.4. The molecule has 0 spiro atoms. The average Bonchev–Trinajstić information content (AvgIpc) is 3.32. The zero-order valence-electron chi connectivity index (χ0n) is 22.6. The number of carboxylic acids is 1. The fourth-order valence-corrected chi connectivity index (χ4v) is 9.17. The van der Waals surface area contributed by atoms with E-state index < -0.39 is 24.1 Å². The van der Waals surface area contributed by atoms with Crippen molar-refractivity contribution in [2.75, 3.05) is 0 Å². The Balaban J connectivity index is 1.29. The number of aliphatic carboxylic acids is 1. The van der Waals surface area contributed by atoms with Crippen LogP contribution >= 0.6 is 0 Å². The van der Waals surface area contributed by atoms with E-state index in [1.54, 1.807) is 0 Å². The van der Waals surface area contributed by atoms with Gasteiger partial charge in [0, 0.05) is 12.0 Å². The molecule has 3 aliphatic carbocycles. The first-order valence-electron chi connectivity index (χ1n) is 14.6. The lowest BCUT2D eigenvalue weighted by atomic mass is 9.47. The average molecular weight is 516 g/mol. The van der Waals surface area contributed by atoms with Crippen molar-refractivity contribution in [3.63, 3.8) is 0 Å². The van der Waals surface area contributed by atoms with Gasteiger partial charge < -0.3 is 15.2 Å². The fraction of sp³-hybridized carbons (Fsp3) is 0.576. The molecule has 2 N–H and O–H groups in total. The predicted molar refractivity (Wildman–Crippen MR) is 147 cm³/mol. The number of fused-ring (bicyclic) bond motifs is 5. The number of carbonyl (C=O) groups excluding carboxylic acids is 1. The first-order valence-corrected chi connectivity index (χ1v) is 14.6. The molecule has 202 valence electrons. The number of carboxylic acid groups (broad SMARTS) is 1. The van der Waals surface area contributed by atoms with Gasteiger partial charge in [0.25, 0.3) is 0 Å². The lowest BCUT2D eigenvalue weighted by Crippen LogP contribution is -2.65. The number of benzene rings is 2. The van der Waals surface area contributed by atoms with Crippen LogP contribution in [0.4, 0.5) is 0 Å². The number of hydrogen-bond donors (Lipinski definition) is 2. The molecule has 4 fully saturated rings. The molecule has 3 unspecified atom stereocenters. The van der Waals surface area contributed by atoms with Crippen LogP contribution in [-0.4, -0.2) is 35.2 Å². The quantitative estimate of drug-likeness (QED) is 0.482. The van der Waals surface area contributed by atoms with Gasteiger partial charge in [-0.05, 0) is 84.7 Å². The molecule has 1 amide bonds. The number of amides is 1. The van der Waals surface area contributed by atoms with Gasteiger partial charge in [0.15, 0.2) is 6.10 Å². The van der Waals surface area contributed by atoms with E-state index in [-0.39, 0.29) is 17.4 Å². The molecule has 1 saturated heterocycles. The molecule has 38 heavy (non-hydrogen) atoms. The van der Waals surface area contributed by atoms with Crippen LogP contribution in [0.1, 0.15) is 82.3 Å². The second kappa shape index (κ2) is 9.82. The Labute approximate surface area is 226 Å². The molecule has 0 bridgehead atoms. The second-order valence-corrected chi connectivity index (χ2v) is 13.0. The van der Waals surface area contributed by atoms with Crippen molar-refractivity contribution in [1.29, 1.82) is 0 Å². The summed E-state index contributed by atoms with van der Waals surface area (Å²) >= 11 is 0. The molecular weight excluding hydrogens is 474 g/mol. The molecule has 5 heteroatoms. The van der Waals surface area contributed by atoms with Crippen LogP contribution in [-0.2, 0) is 14.3 Å². The Morgan fingerprint density at radius 2 is 1.58 bits per heavy atom. The van der Waals surface area contributed by atoms with Crippen molar-refractivity contribution in [3.8, 4) is 0 Å². The van der Waals surface area contributed by atoms with E-state index in [0.717, 1.165) is 23.5 Å². The molecule has 1 heterocycles. The highest BCUT2D eigenvalue weighted by molar-refractivity contribution is 5.83. The predicted octanol–water partition coefficient (Wildman–Crippen LogP) is 6.18. The van der Waals surface area contributed by atoms with E-state index in [0.29, 0.717) is 23.7 Å². The summed E-state index contributed by atoms with van der Waals surface area (Å²) in [5, 5.41) is 13.8. The van der Waals surface area contributed by atoms with Gasteiger partial charge in [-0.3, -0.25) is 4.79 Å². The van der Waals surface area contributed by atoms with Crippen LogP contribution in [0.5, 0.6) is 0 Å². The van der Waals surface area contributed by atoms with Crippen molar-refractivity contribution in [3.05, 3.63) is 71.8 Å². The molecule has 2 aromatic carbocycles. The van der Waals surface area contributed by atoms with Crippen LogP contribution in [0, 0.1) is 28.6 Å². The van der Waals surface area contributed by atoms with Crippen LogP contribution in [0.3, 0.4) is 0 Å². The summed E-state index contributed by atoms with van der Waals surface area (Å²) in [6.45, 7) is 4.86. The summed E-state index contributed by atoms with van der Waals surface area (Å²) in [4.78, 5) is 26.2. The molecule has 0 radical (unpaired) electrons. The Kier molecular flexibility index (Phi) is 6.62. The van der Waals surface area contributed by atoms with Crippen molar-refractivity contribution in [2.24, 2.45) is 28.6 Å². The largest absolute Gasteiger partial charge is 0.479 e. The van der Waals surface area contributed by atoms with Crippen molar-refractivity contribution < 1.29 is 19.4 Å². The van der Waals surface area contributed by atoms with Crippen molar-refractivity contribution >= 4 is 11.9 Å². The summed E-state index contributed by atoms with van der Waals surface area (Å²) in [6.07, 6.45) is 7.35. The molecule has 4 aliphatic rings. The molecular formula is C33H41NO4. The van der Waals surface area contributed by atoms with E-state index >= 15 is 0 Å². The summed E-state index contributed by atoms with van der Waals surface area (Å²) in [5.74, 6) is 0.322. The van der Waals surface area contributed by atoms with E-state index in [1.807, 2.05) is 60.7 Å². The Morgan fingerprint density at radius 1 is 0.921 bits per heavy atom. The third-order valence-corrected chi connectivity index (χ3v) is 11.1. The third-order valence-electron chi connectivity index (χ3n) is 11.1. The van der Waals surface area contributed by atoms with E-state index in [4.69, 9.17) is 4.74 Å². The van der Waals surface area contributed by atoms with Gasteiger partial charge in [0.1, 0.15) is 6.10 Å². The van der Waals surface area contributed by atoms with Crippen LogP contribution in [0.25, 0.3) is 0 Å². The fourth-order valence-electron chi connectivity index (χ4n) is 9.17. The van der Waals surface area contributed by atoms with Crippen molar-refractivity contribution in [2.45, 2.75) is 89.4 Å². The first-order chi connectivity index (χ1) is 18.3. The van der Waals surface area contributed by atoms with Gasteiger partial charge in [-0.25, -0.2) is 4.79 Å². The minimum absolute atomic E-state index is 0.0799. The molecule has 6 rings (SSSR count). The molecule has 2 aromatic rings. The topological polar surface area (TPSA) is 75.6 Å². The SMILES string of the molecule is C[C@@]12CCC[C@H]1[C@@H]1CCC3NC(=O)C(OC(C(=O)O)C(c4ccccc4)c4ccccc4)C[C@]3(C)[C@@H]1CC2. The minimum Gasteiger partial charge on any atom is -0.479 e. The highest BCUT2D eigenvalue weighted by Crippen LogP contribution is 2.64. The summed E-state index contributed by atoms with van der Waals surface area (Å²) in [6, 6.07) is 19.5. The number of nitrogens with one attached hydrogen (secondary N) is 1. The third kappa shape index (κ3) is 4.27. The van der Waals surface area contributed by atoms with Crippen molar-refractivity contribution in [1.82, 2.24) is 5.32 Å². The molecule has 3 saturated carbocycles. The standard InChI is InChI=1S/C33H41NO4/c1-32-18-9-14-24(32)23-15-16-27-33(2,25(23)17-19-32)20-26(30(35)34-27)38-29(31(36)37)28(21-10-5-3-6-11-21)22-12-7-4-8-13-22/h3-8,10-13,23-29H,9,14-20H2,1-2H3,(H,34,35)(H,36,37)/t23-,24-,25+,26?,27?,29?,32-,33+/m0/s1. The highest BCUT2D eigenvalue weighted by atomic mass is 16.5. The summed E-state index contributed by atoms with van der Waals surface area (Å²) < 4.78 is 6.42. The first kappa shape index (κ1) is 25.6. The lowest BCUT2D eigenvalue weighted by Gasteiger charge is -2.60. The monoisotopic (exact) mass is 515 g/mol. The summed E-state index contributed by atoms with van der Waals surface area (Å²) in [5.41, 5.74) is 2.14. The van der Waals surface area contributed by atoms with E-state index in [1.165, 1.54) is 38.5 Å². The van der Waals surface area contributed by atoms with Crippen LogP contribution < -0.4 is 5.32 Å². The maximum atomic E-state index is 13.4. The van der Waals surface area contributed by atoms with E-state index in [9.17, 15) is 14.7 Å². The second-order valence-electron chi connectivity index (χ2n) is 13.0. The van der Waals surface area contributed by atoms with Gasteiger partial charge in [-0.15, -0.1) is 0 Å². The molecule has 0 aromatic heterocycles. The van der Waals surface area contributed by atoms with Gasteiger partial charge >= 0.3 is 5.97 Å². The minimum atomic E-state index is -1.17. The number of carbonyl (C=O) groups is 2. The molecule has 1 aliphatic heterocycles. The van der Waals surface area contributed by atoms with Gasteiger partial charge in [-0.1, -0.05) is 80.9 Å². The molecule has 8 atom stereocenters. The smallest absolute Gasteiger partial charge is 0.333 e. The van der Waals surface area contributed by atoms with Crippen LogP contribution in [0.15, 0.2) is 60.7 Å². The lowest BCUT2D eigenvalue weighted by molar-refractivity contribution is -0.174. The Morgan fingerprint density at radius 3 is 2.21 bits per heavy atom. The number of piperidine rings is 1. The maximum Gasteiger partial charge on any atom is 0.333 e. The number of hydrogen-bond acceptors (Lipinski definition) is 3. The zero-order chi connectivity index (χ0) is 26.5. The number of rotatable bonds is 6. The Hall–Kier alpha value is -2.66. The Bertz CT molecular complexity index is 1130. The van der Waals surface area contributed by atoms with Crippen LogP contribution in [0.2, 0.25) is 0 Å². The van der Waals surface area contributed by atoms with Gasteiger partial charge in [0.05, 0.1) is 0 Å². The number of ether oxygens (including phenoxy) is 1. The zero-order valence-corrected chi connectivity index (χ0v) is 22.6. The van der Waals surface area contributed by atoms with Gasteiger partial charge in [-0.2, -0.15) is 0 Å². The van der Waals surface area contributed by atoms with E-state index in [2.05, 4.69) is 19.2 Å².